The molecular formula is C21H19F5N4. The van der Waals surface area contributed by atoms with Crippen molar-refractivity contribution in [3.8, 4) is 11.3 Å². The van der Waals surface area contributed by atoms with Gasteiger partial charge >= 0.3 is 6.18 Å². The third-order valence-electron chi connectivity index (χ3n) is 6.18. The normalized spacial score (nSPS) is 17.9. The first-order chi connectivity index (χ1) is 14.2. The van der Waals surface area contributed by atoms with Gasteiger partial charge in [-0.1, -0.05) is 6.07 Å². The fourth-order valence-electron chi connectivity index (χ4n) is 4.32. The number of hydrogen-bond acceptors (Lipinski definition) is 2. The number of nitrogens with zero attached hydrogens (tertiary/aromatic N) is 3. The number of halogens is 5. The minimum absolute atomic E-state index is 0.0569. The minimum atomic E-state index is -4.31. The molecule has 4 nitrogen and oxygen atoms in total. The van der Waals surface area contributed by atoms with Crippen LogP contribution in [0.15, 0.2) is 30.3 Å². The second-order valence-corrected chi connectivity index (χ2v) is 8.05. The zero-order valence-corrected chi connectivity index (χ0v) is 16.2. The van der Waals surface area contributed by atoms with Crippen LogP contribution in [0.1, 0.15) is 29.8 Å². The number of rotatable bonds is 3. The van der Waals surface area contributed by atoms with Crippen LogP contribution < -0.4 is 4.90 Å². The first-order valence-electron chi connectivity index (χ1n) is 9.71. The van der Waals surface area contributed by atoms with E-state index in [2.05, 4.69) is 10.1 Å². The summed E-state index contributed by atoms with van der Waals surface area (Å²) in [6.07, 6.45) is -3.61. The van der Waals surface area contributed by atoms with Crippen LogP contribution in [-0.2, 0) is 25.4 Å². The fourth-order valence-corrected chi connectivity index (χ4v) is 4.32. The highest BCUT2D eigenvalue weighted by Gasteiger charge is 2.65. The van der Waals surface area contributed by atoms with Gasteiger partial charge in [0.05, 0.1) is 17.0 Å². The van der Waals surface area contributed by atoms with Crippen molar-refractivity contribution in [3.05, 3.63) is 58.9 Å². The molecule has 0 saturated heterocycles. The summed E-state index contributed by atoms with van der Waals surface area (Å²) in [4.78, 5) is 5.04. The molecule has 0 atom stereocenters. The summed E-state index contributed by atoms with van der Waals surface area (Å²) in [5.74, 6) is -0.696. The number of aromatic nitrogens is 3. The van der Waals surface area contributed by atoms with Gasteiger partial charge in [-0.3, -0.25) is 4.68 Å². The topological polar surface area (TPSA) is 36.9 Å². The molecule has 0 amide bonds. The van der Waals surface area contributed by atoms with Gasteiger partial charge in [0.15, 0.2) is 0 Å². The molecule has 3 aromatic rings. The second kappa shape index (κ2) is 6.33. The van der Waals surface area contributed by atoms with Crippen molar-refractivity contribution in [3.63, 3.8) is 0 Å². The van der Waals surface area contributed by atoms with Crippen LogP contribution >= 0.6 is 0 Å². The summed E-state index contributed by atoms with van der Waals surface area (Å²) in [6, 6.07) is 6.95. The van der Waals surface area contributed by atoms with Crippen LogP contribution in [-0.4, -0.2) is 27.5 Å². The molecule has 1 aliphatic carbocycles. The van der Waals surface area contributed by atoms with E-state index in [0.717, 1.165) is 11.3 Å². The molecular weight excluding hydrogens is 403 g/mol. The van der Waals surface area contributed by atoms with Crippen molar-refractivity contribution < 1.29 is 22.0 Å². The van der Waals surface area contributed by atoms with Crippen LogP contribution in [0.2, 0.25) is 0 Å². The van der Waals surface area contributed by atoms with Gasteiger partial charge in [-0.15, -0.1) is 0 Å². The lowest BCUT2D eigenvalue weighted by Gasteiger charge is -2.28. The molecule has 158 valence electrons. The Hall–Kier alpha value is -2.84. The lowest BCUT2D eigenvalue weighted by Crippen LogP contribution is -2.31. The van der Waals surface area contributed by atoms with Crippen molar-refractivity contribution in [2.24, 2.45) is 7.05 Å². The molecule has 9 heteroatoms. The highest BCUT2D eigenvalue weighted by atomic mass is 19.4. The lowest BCUT2D eigenvalue weighted by molar-refractivity contribution is -0.161. The molecule has 30 heavy (non-hydrogen) atoms. The number of nitrogens with one attached hydrogen (secondary N) is 1. The Kier molecular flexibility index (Phi) is 4.04. The second-order valence-electron chi connectivity index (χ2n) is 8.05. The highest BCUT2D eigenvalue weighted by molar-refractivity contribution is 5.64. The van der Waals surface area contributed by atoms with Crippen molar-refractivity contribution in [1.82, 2.24) is 14.8 Å². The molecule has 0 radical (unpaired) electrons. The number of aromatic amines is 1. The number of hydrogen-bond donors (Lipinski definition) is 1. The SMILES string of the molecule is Cn1nc(C2(C(F)(F)F)CC2)cc1N1CCc2[nH]c(-c3c(F)cccc3F)cc2C1. The molecule has 5 rings (SSSR count). The quantitative estimate of drug-likeness (QED) is 0.613. The highest BCUT2D eigenvalue weighted by Crippen LogP contribution is 2.58. The van der Waals surface area contributed by atoms with Crippen molar-refractivity contribution in [1.29, 1.82) is 0 Å². The van der Waals surface area contributed by atoms with Crippen LogP contribution in [0.4, 0.5) is 27.8 Å². The van der Waals surface area contributed by atoms with E-state index in [1.54, 1.807) is 13.1 Å². The lowest BCUT2D eigenvalue weighted by atomic mass is 10.0. The first-order valence-corrected chi connectivity index (χ1v) is 9.71. The number of anilines is 1. The summed E-state index contributed by atoms with van der Waals surface area (Å²) in [5.41, 5.74) is 0.215. The molecule has 1 aliphatic heterocycles. The molecule has 0 unspecified atom stereocenters. The Morgan fingerprint density at radius 2 is 1.80 bits per heavy atom. The van der Waals surface area contributed by atoms with E-state index in [1.807, 2.05) is 4.90 Å². The van der Waals surface area contributed by atoms with Crippen LogP contribution in [0.25, 0.3) is 11.3 Å². The van der Waals surface area contributed by atoms with Crippen molar-refractivity contribution in [2.75, 3.05) is 11.4 Å². The molecule has 3 heterocycles. The third-order valence-corrected chi connectivity index (χ3v) is 6.18. The summed E-state index contributed by atoms with van der Waals surface area (Å²) >= 11 is 0. The summed E-state index contributed by atoms with van der Waals surface area (Å²) in [7, 11) is 1.64. The summed E-state index contributed by atoms with van der Waals surface area (Å²) in [5, 5.41) is 4.17. The molecule has 1 saturated carbocycles. The molecule has 2 aromatic heterocycles. The van der Waals surface area contributed by atoms with E-state index in [-0.39, 0.29) is 24.1 Å². The van der Waals surface area contributed by atoms with E-state index in [1.165, 1.54) is 28.9 Å². The largest absolute Gasteiger partial charge is 0.400 e. The maximum absolute atomic E-state index is 14.1. The molecule has 1 fully saturated rings. The molecule has 0 spiro atoms. The average molecular weight is 422 g/mol. The van der Waals surface area contributed by atoms with Gasteiger partial charge < -0.3 is 9.88 Å². The average Bonchev–Trinajstić information content (AvgIpc) is 3.26. The van der Waals surface area contributed by atoms with Crippen LogP contribution in [0.5, 0.6) is 0 Å². The molecule has 1 N–H and O–H groups in total. The van der Waals surface area contributed by atoms with Crippen molar-refractivity contribution >= 4 is 5.82 Å². The van der Waals surface area contributed by atoms with E-state index < -0.39 is 23.2 Å². The number of alkyl halides is 3. The van der Waals surface area contributed by atoms with Gasteiger partial charge in [-0.05, 0) is 36.6 Å². The third kappa shape index (κ3) is 2.82. The zero-order valence-electron chi connectivity index (χ0n) is 16.2. The van der Waals surface area contributed by atoms with E-state index in [4.69, 9.17) is 0 Å². The Labute approximate surface area is 169 Å². The maximum atomic E-state index is 14.1. The Balaban J connectivity index is 1.44. The summed E-state index contributed by atoms with van der Waals surface area (Å²) in [6.45, 7) is 0.977. The van der Waals surface area contributed by atoms with Crippen LogP contribution in [0.3, 0.4) is 0 Å². The van der Waals surface area contributed by atoms with E-state index in [0.29, 0.717) is 31.0 Å². The maximum Gasteiger partial charge on any atom is 0.400 e. The van der Waals surface area contributed by atoms with Crippen molar-refractivity contribution in [2.45, 2.75) is 37.4 Å². The smallest absolute Gasteiger partial charge is 0.358 e. The Morgan fingerprint density at radius 3 is 2.43 bits per heavy atom. The standard InChI is InChI=1S/C21H19F5N4/c1-29-18(10-17(28-29)20(6-7-20)21(24,25)26)30-8-5-15-12(11-30)9-16(27-15)19-13(22)3-2-4-14(19)23/h2-4,9-10,27H,5-8,11H2,1H3. The number of benzene rings is 1. The van der Waals surface area contributed by atoms with Gasteiger partial charge in [0.25, 0.3) is 0 Å². The number of fused-ring (bicyclic) bond motifs is 1. The first kappa shape index (κ1) is 19.1. The molecule has 0 bridgehead atoms. The van der Waals surface area contributed by atoms with Gasteiger partial charge in [0.1, 0.15) is 22.9 Å². The summed E-state index contributed by atoms with van der Waals surface area (Å²) < 4.78 is 70.1. The number of H-pyrrole nitrogens is 1. The number of aryl methyl sites for hydroxylation is 1. The minimum Gasteiger partial charge on any atom is -0.358 e. The van der Waals surface area contributed by atoms with E-state index >= 15 is 0 Å². The molecule has 1 aromatic carbocycles. The monoisotopic (exact) mass is 422 g/mol. The van der Waals surface area contributed by atoms with Crippen LogP contribution in [0, 0.1) is 11.6 Å². The molecule has 2 aliphatic rings. The van der Waals surface area contributed by atoms with Gasteiger partial charge in [-0.25, -0.2) is 8.78 Å². The predicted octanol–water partition coefficient (Wildman–Crippen LogP) is 4.85. The van der Waals surface area contributed by atoms with Gasteiger partial charge in [0.2, 0.25) is 0 Å². The Bertz CT molecular complexity index is 1100. The predicted molar refractivity (Wildman–Crippen MR) is 101 cm³/mol. The fraction of sp³-hybridized carbons (Fsp3) is 0.381. The zero-order chi connectivity index (χ0) is 21.3. The van der Waals surface area contributed by atoms with Gasteiger partial charge in [-0.2, -0.15) is 18.3 Å². The van der Waals surface area contributed by atoms with Gasteiger partial charge in [0, 0.05) is 38.3 Å². The van der Waals surface area contributed by atoms with E-state index in [9.17, 15) is 22.0 Å². The Morgan fingerprint density at radius 1 is 1.10 bits per heavy atom.